The zero-order valence-corrected chi connectivity index (χ0v) is 23.3. The summed E-state index contributed by atoms with van der Waals surface area (Å²) < 4.78 is 19.2. The summed E-state index contributed by atoms with van der Waals surface area (Å²) in [5.74, 6) is 0.268. The van der Waals surface area contributed by atoms with Gasteiger partial charge < -0.3 is 25.6 Å². The highest BCUT2D eigenvalue weighted by molar-refractivity contribution is 5.90. The zero-order valence-electron chi connectivity index (χ0n) is 23.3. The standard InChI is InChI=1S/C32H39FN4O3/c1-23(2)20-29(34)31(38)35-30(21-24-8-14-28(15-9-24)40-22-25-6-4-3-5-7-25)32(39)37-18-16-36(17-19-37)27-12-10-26(33)11-13-27/h3-15,23,29-30H,16-22,34H2,1-2H3,(H,35,38). The molecule has 40 heavy (non-hydrogen) atoms. The number of carbonyl (C=O) groups excluding carboxylic acids is 2. The van der Waals surface area contributed by atoms with Gasteiger partial charge in [-0.3, -0.25) is 9.59 Å². The van der Waals surface area contributed by atoms with Crippen molar-refractivity contribution in [3.63, 3.8) is 0 Å². The van der Waals surface area contributed by atoms with Gasteiger partial charge in [-0.05, 0) is 59.9 Å². The van der Waals surface area contributed by atoms with Crippen LogP contribution in [0.15, 0.2) is 78.9 Å². The number of amides is 2. The Kier molecular flexibility index (Phi) is 10.1. The Morgan fingerprint density at radius 1 is 0.900 bits per heavy atom. The first kappa shape index (κ1) is 29.1. The van der Waals surface area contributed by atoms with Gasteiger partial charge in [0, 0.05) is 38.3 Å². The first-order chi connectivity index (χ1) is 19.3. The molecular weight excluding hydrogens is 507 g/mol. The van der Waals surface area contributed by atoms with E-state index in [0.29, 0.717) is 45.6 Å². The average Bonchev–Trinajstić information content (AvgIpc) is 2.96. The smallest absolute Gasteiger partial charge is 0.245 e. The predicted octanol–water partition coefficient (Wildman–Crippen LogP) is 4.15. The molecule has 0 spiro atoms. The molecule has 2 atom stereocenters. The minimum Gasteiger partial charge on any atom is -0.489 e. The Morgan fingerprint density at radius 3 is 2.17 bits per heavy atom. The number of hydrogen-bond acceptors (Lipinski definition) is 5. The Hall–Kier alpha value is -3.91. The zero-order chi connectivity index (χ0) is 28.5. The molecule has 3 aromatic rings. The van der Waals surface area contributed by atoms with Crippen LogP contribution in [0.2, 0.25) is 0 Å². The summed E-state index contributed by atoms with van der Waals surface area (Å²) in [6, 6.07) is 22.5. The first-order valence-corrected chi connectivity index (χ1v) is 13.9. The second-order valence-electron chi connectivity index (χ2n) is 10.7. The van der Waals surface area contributed by atoms with Crippen LogP contribution in [-0.2, 0) is 22.6 Å². The molecule has 1 heterocycles. The fourth-order valence-corrected chi connectivity index (χ4v) is 4.85. The number of nitrogens with two attached hydrogens (primary N) is 1. The summed E-state index contributed by atoms with van der Waals surface area (Å²) in [7, 11) is 0. The van der Waals surface area contributed by atoms with Crippen LogP contribution < -0.4 is 20.7 Å². The van der Waals surface area contributed by atoms with Crippen LogP contribution in [0, 0.1) is 11.7 Å². The van der Waals surface area contributed by atoms with Crippen LogP contribution in [0.1, 0.15) is 31.4 Å². The van der Waals surface area contributed by atoms with E-state index in [-0.39, 0.29) is 23.5 Å². The monoisotopic (exact) mass is 546 g/mol. The molecule has 0 aliphatic carbocycles. The highest BCUT2D eigenvalue weighted by Gasteiger charge is 2.30. The van der Waals surface area contributed by atoms with E-state index in [1.807, 2.05) is 68.4 Å². The van der Waals surface area contributed by atoms with Crippen molar-refractivity contribution in [1.82, 2.24) is 10.2 Å². The van der Waals surface area contributed by atoms with Gasteiger partial charge >= 0.3 is 0 Å². The van der Waals surface area contributed by atoms with E-state index < -0.39 is 12.1 Å². The Balaban J connectivity index is 1.40. The van der Waals surface area contributed by atoms with Crippen molar-refractivity contribution in [3.05, 3.63) is 95.8 Å². The molecule has 2 amide bonds. The number of nitrogens with one attached hydrogen (secondary N) is 1. The molecule has 1 aliphatic heterocycles. The Morgan fingerprint density at radius 2 is 1.55 bits per heavy atom. The third-order valence-corrected chi connectivity index (χ3v) is 7.07. The highest BCUT2D eigenvalue weighted by Crippen LogP contribution is 2.19. The van der Waals surface area contributed by atoms with Crippen molar-refractivity contribution in [2.24, 2.45) is 11.7 Å². The molecule has 3 N–H and O–H groups in total. The van der Waals surface area contributed by atoms with Gasteiger partial charge in [-0.2, -0.15) is 0 Å². The molecule has 3 aromatic carbocycles. The van der Waals surface area contributed by atoms with Crippen LogP contribution in [0.4, 0.5) is 10.1 Å². The van der Waals surface area contributed by atoms with Crippen molar-refractivity contribution < 1.29 is 18.7 Å². The third-order valence-electron chi connectivity index (χ3n) is 7.07. The van der Waals surface area contributed by atoms with Crippen LogP contribution >= 0.6 is 0 Å². The molecule has 4 rings (SSSR count). The van der Waals surface area contributed by atoms with Gasteiger partial charge in [-0.15, -0.1) is 0 Å². The van der Waals surface area contributed by atoms with Gasteiger partial charge in [-0.25, -0.2) is 4.39 Å². The fraction of sp³-hybridized carbons (Fsp3) is 0.375. The van der Waals surface area contributed by atoms with Crippen molar-refractivity contribution >= 4 is 17.5 Å². The number of carbonyl (C=O) groups is 2. The normalized spacial score (nSPS) is 15.0. The highest BCUT2D eigenvalue weighted by atomic mass is 19.1. The van der Waals surface area contributed by atoms with E-state index in [0.717, 1.165) is 22.6 Å². The van der Waals surface area contributed by atoms with Gasteiger partial charge in [0.05, 0.1) is 6.04 Å². The third kappa shape index (κ3) is 8.29. The second-order valence-corrected chi connectivity index (χ2v) is 10.7. The maximum Gasteiger partial charge on any atom is 0.245 e. The van der Waals surface area contributed by atoms with Crippen LogP contribution in [0.25, 0.3) is 0 Å². The summed E-state index contributed by atoms with van der Waals surface area (Å²) in [6.07, 6.45) is 0.882. The average molecular weight is 547 g/mol. The molecule has 2 unspecified atom stereocenters. The van der Waals surface area contributed by atoms with E-state index in [4.69, 9.17) is 10.5 Å². The molecule has 7 nitrogen and oxygen atoms in total. The van der Waals surface area contributed by atoms with E-state index in [1.165, 1.54) is 12.1 Å². The number of halogens is 1. The van der Waals surface area contributed by atoms with Crippen LogP contribution in [-0.4, -0.2) is 55.0 Å². The van der Waals surface area contributed by atoms with Crippen LogP contribution in [0.5, 0.6) is 5.75 Å². The number of hydrogen-bond donors (Lipinski definition) is 2. The van der Waals surface area contributed by atoms with E-state index in [1.54, 1.807) is 17.0 Å². The maximum atomic E-state index is 13.7. The molecule has 1 aliphatic rings. The number of rotatable bonds is 11. The quantitative estimate of drug-likeness (QED) is 0.377. The van der Waals surface area contributed by atoms with E-state index >= 15 is 0 Å². The van der Waals surface area contributed by atoms with Crippen molar-refractivity contribution in [1.29, 1.82) is 0 Å². The minimum atomic E-state index is -0.737. The van der Waals surface area contributed by atoms with Gasteiger partial charge in [-0.1, -0.05) is 56.3 Å². The summed E-state index contributed by atoms with van der Waals surface area (Å²) in [5.41, 5.74) is 9.06. The lowest BCUT2D eigenvalue weighted by Crippen LogP contribution is -2.57. The van der Waals surface area contributed by atoms with Crippen LogP contribution in [0.3, 0.4) is 0 Å². The van der Waals surface area contributed by atoms with E-state index in [9.17, 15) is 14.0 Å². The largest absolute Gasteiger partial charge is 0.489 e. The summed E-state index contributed by atoms with van der Waals surface area (Å²) in [4.78, 5) is 30.5. The topological polar surface area (TPSA) is 87.9 Å². The Bertz CT molecular complexity index is 1230. The molecule has 1 fully saturated rings. The molecule has 0 radical (unpaired) electrons. The fourth-order valence-electron chi connectivity index (χ4n) is 4.85. The van der Waals surface area contributed by atoms with Gasteiger partial charge in [0.15, 0.2) is 0 Å². The molecule has 0 bridgehead atoms. The summed E-state index contributed by atoms with van der Waals surface area (Å²) >= 11 is 0. The van der Waals surface area contributed by atoms with Crippen molar-refractivity contribution in [2.75, 3.05) is 31.1 Å². The molecule has 0 saturated carbocycles. The maximum absolute atomic E-state index is 13.7. The molecule has 8 heteroatoms. The Labute approximate surface area is 236 Å². The minimum absolute atomic E-state index is 0.131. The van der Waals surface area contributed by atoms with E-state index in [2.05, 4.69) is 10.2 Å². The van der Waals surface area contributed by atoms with Gasteiger partial charge in [0.25, 0.3) is 0 Å². The lowest BCUT2D eigenvalue weighted by Gasteiger charge is -2.38. The number of ether oxygens (including phenoxy) is 1. The molecule has 0 aromatic heterocycles. The number of nitrogens with zero attached hydrogens (tertiary/aromatic N) is 2. The predicted molar refractivity (Wildman–Crippen MR) is 155 cm³/mol. The number of anilines is 1. The first-order valence-electron chi connectivity index (χ1n) is 13.9. The lowest BCUT2D eigenvalue weighted by molar-refractivity contribution is -0.137. The molecule has 212 valence electrons. The van der Waals surface area contributed by atoms with Gasteiger partial charge in [0.1, 0.15) is 24.2 Å². The lowest BCUT2D eigenvalue weighted by atomic mass is 10.0. The molecular formula is C32H39FN4O3. The van der Waals surface area contributed by atoms with Crippen molar-refractivity contribution in [2.45, 2.75) is 45.4 Å². The van der Waals surface area contributed by atoms with Crippen molar-refractivity contribution in [3.8, 4) is 5.75 Å². The number of benzene rings is 3. The second kappa shape index (κ2) is 13.9. The summed E-state index contributed by atoms with van der Waals surface area (Å²) in [5, 5.41) is 2.94. The SMILES string of the molecule is CC(C)CC(N)C(=O)NC(Cc1ccc(OCc2ccccc2)cc1)C(=O)N1CCN(c2ccc(F)cc2)CC1. The number of piperazine rings is 1. The van der Waals surface area contributed by atoms with Gasteiger partial charge in [0.2, 0.25) is 11.8 Å². The molecule has 1 saturated heterocycles. The summed E-state index contributed by atoms with van der Waals surface area (Å²) in [6.45, 7) is 6.75.